The van der Waals surface area contributed by atoms with Gasteiger partial charge in [0.2, 0.25) is 5.91 Å². The number of aryl methyl sites for hydroxylation is 2. The zero-order chi connectivity index (χ0) is 17.0. The van der Waals surface area contributed by atoms with Crippen molar-refractivity contribution in [3.05, 3.63) is 65.0 Å². The standard InChI is InChI=1S/C17H18FNO3S/c1-12-3-7-15(8-4-12)23(21,22)11-17(20)19-10-14-6-5-13(2)16(18)9-14/h3-9H,10-11H2,1-2H3,(H,19,20). The quantitative estimate of drug-likeness (QED) is 0.913. The highest BCUT2D eigenvalue weighted by atomic mass is 32.2. The second-order valence-electron chi connectivity index (χ2n) is 5.43. The molecule has 0 saturated carbocycles. The van der Waals surface area contributed by atoms with E-state index in [2.05, 4.69) is 5.32 Å². The van der Waals surface area contributed by atoms with E-state index in [0.29, 0.717) is 11.1 Å². The number of carbonyl (C=O) groups excluding carboxylic acids is 1. The van der Waals surface area contributed by atoms with Gasteiger partial charge in [-0.1, -0.05) is 29.8 Å². The third kappa shape index (κ3) is 4.63. The Morgan fingerprint density at radius 1 is 1.09 bits per heavy atom. The Bertz CT molecular complexity index is 814. The van der Waals surface area contributed by atoms with Crippen LogP contribution in [0.4, 0.5) is 4.39 Å². The van der Waals surface area contributed by atoms with Crippen molar-refractivity contribution in [2.24, 2.45) is 0 Å². The number of carbonyl (C=O) groups is 1. The van der Waals surface area contributed by atoms with Crippen molar-refractivity contribution in [1.82, 2.24) is 5.32 Å². The van der Waals surface area contributed by atoms with Gasteiger partial charge in [0, 0.05) is 6.54 Å². The summed E-state index contributed by atoms with van der Waals surface area (Å²) in [6, 6.07) is 10.9. The Morgan fingerprint density at radius 2 is 1.74 bits per heavy atom. The average molecular weight is 335 g/mol. The van der Waals surface area contributed by atoms with E-state index in [9.17, 15) is 17.6 Å². The third-order valence-corrected chi connectivity index (χ3v) is 5.06. The first kappa shape index (κ1) is 17.1. The SMILES string of the molecule is Cc1ccc(S(=O)(=O)CC(=O)NCc2ccc(C)c(F)c2)cc1. The second kappa shape index (κ2) is 6.91. The van der Waals surface area contributed by atoms with Gasteiger partial charge >= 0.3 is 0 Å². The summed E-state index contributed by atoms with van der Waals surface area (Å²) in [6.45, 7) is 3.58. The van der Waals surface area contributed by atoms with Crippen LogP contribution in [0.2, 0.25) is 0 Å². The fourth-order valence-electron chi connectivity index (χ4n) is 2.00. The van der Waals surface area contributed by atoms with Crippen molar-refractivity contribution < 1.29 is 17.6 Å². The molecule has 23 heavy (non-hydrogen) atoms. The third-order valence-electron chi connectivity index (χ3n) is 3.43. The first-order chi connectivity index (χ1) is 10.8. The van der Waals surface area contributed by atoms with Crippen LogP contribution in [0.25, 0.3) is 0 Å². The van der Waals surface area contributed by atoms with Crippen LogP contribution < -0.4 is 5.32 Å². The van der Waals surface area contributed by atoms with Gasteiger partial charge in [-0.2, -0.15) is 0 Å². The van der Waals surface area contributed by atoms with E-state index in [1.165, 1.54) is 18.2 Å². The number of halogens is 1. The first-order valence-corrected chi connectivity index (χ1v) is 8.74. The van der Waals surface area contributed by atoms with Crippen molar-refractivity contribution in [3.63, 3.8) is 0 Å². The molecule has 0 aromatic heterocycles. The van der Waals surface area contributed by atoms with Crippen LogP contribution in [0.5, 0.6) is 0 Å². The number of hydrogen-bond acceptors (Lipinski definition) is 3. The molecule has 2 aromatic rings. The number of sulfone groups is 1. The van der Waals surface area contributed by atoms with Gasteiger partial charge in [0.15, 0.2) is 9.84 Å². The molecule has 4 nitrogen and oxygen atoms in total. The van der Waals surface area contributed by atoms with Gasteiger partial charge < -0.3 is 5.32 Å². The average Bonchev–Trinajstić information content (AvgIpc) is 2.48. The van der Waals surface area contributed by atoms with E-state index >= 15 is 0 Å². The monoisotopic (exact) mass is 335 g/mol. The van der Waals surface area contributed by atoms with E-state index < -0.39 is 21.5 Å². The number of benzene rings is 2. The van der Waals surface area contributed by atoms with Gasteiger partial charge in [-0.25, -0.2) is 12.8 Å². The summed E-state index contributed by atoms with van der Waals surface area (Å²) in [6.07, 6.45) is 0. The maximum absolute atomic E-state index is 13.4. The van der Waals surface area contributed by atoms with Gasteiger partial charge in [0.05, 0.1) is 4.90 Å². The van der Waals surface area contributed by atoms with Gasteiger partial charge in [0.1, 0.15) is 11.6 Å². The molecule has 0 bridgehead atoms. The van der Waals surface area contributed by atoms with Crippen LogP contribution >= 0.6 is 0 Å². The van der Waals surface area contributed by atoms with E-state index in [4.69, 9.17) is 0 Å². The summed E-state index contributed by atoms with van der Waals surface area (Å²) in [7, 11) is -3.68. The molecule has 2 rings (SSSR count). The lowest BCUT2D eigenvalue weighted by molar-refractivity contribution is -0.118. The summed E-state index contributed by atoms with van der Waals surface area (Å²) < 4.78 is 37.7. The van der Waals surface area contributed by atoms with Crippen molar-refractivity contribution in [3.8, 4) is 0 Å². The maximum Gasteiger partial charge on any atom is 0.235 e. The highest BCUT2D eigenvalue weighted by molar-refractivity contribution is 7.92. The Morgan fingerprint density at radius 3 is 2.35 bits per heavy atom. The molecule has 2 aromatic carbocycles. The number of nitrogens with one attached hydrogen (secondary N) is 1. The number of hydrogen-bond donors (Lipinski definition) is 1. The molecule has 0 heterocycles. The van der Waals surface area contributed by atoms with E-state index in [1.807, 2.05) is 6.92 Å². The number of rotatable bonds is 5. The molecular formula is C17H18FNO3S. The molecule has 0 fully saturated rings. The minimum Gasteiger partial charge on any atom is -0.351 e. The fourth-order valence-corrected chi connectivity index (χ4v) is 3.16. The summed E-state index contributed by atoms with van der Waals surface area (Å²) in [4.78, 5) is 12.0. The molecule has 1 N–H and O–H groups in total. The molecule has 0 aliphatic rings. The van der Waals surface area contributed by atoms with Crippen LogP contribution in [0.3, 0.4) is 0 Å². The molecule has 0 aliphatic heterocycles. The predicted octanol–water partition coefficient (Wildman–Crippen LogP) is 2.53. The molecule has 1 amide bonds. The second-order valence-corrected chi connectivity index (χ2v) is 7.42. The summed E-state index contributed by atoms with van der Waals surface area (Å²) >= 11 is 0. The molecule has 0 saturated heterocycles. The predicted molar refractivity (Wildman–Crippen MR) is 86.2 cm³/mol. The van der Waals surface area contributed by atoms with Gasteiger partial charge in [-0.15, -0.1) is 0 Å². The van der Waals surface area contributed by atoms with Crippen LogP contribution in [0.1, 0.15) is 16.7 Å². The Labute approximate surface area is 135 Å². The summed E-state index contributed by atoms with van der Waals surface area (Å²) in [5.74, 6) is -1.61. The minimum absolute atomic E-state index is 0.0828. The van der Waals surface area contributed by atoms with E-state index in [1.54, 1.807) is 31.2 Å². The van der Waals surface area contributed by atoms with Crippen LogP contribution in [-0.4, -0.2) is 20.1 Å². The van der Waals surface area contributed by atoms with Gasteiger partial charge in [0.25, 0.3) is 0 Å². The largest absolute Gasteiger partial charge is 0.351 e. The minimum atomic E-state index is -3.68. The lowest BCUT2D eigenvalue weighted by atomic mass is 10.1. The molecule has 0 unspecified atom stereocenters. The molecule has 0 atom stereocenters. The van der Waals surface area contributed by atoms with Crippen molar-refractivity contribution in [2.75, 3.05) is 5.75 Å². The highest BCUT2D eigenvalue weighted by Crippen LogP contribution is 2.12. The highest BCUT2D eigenvalue weighted by Gasteiger charge is 2.19. The normalized spacial score (nSPS) is 11.3. The smallest absolute Gasteiger partial charge is 0.235 e. The summed E-state index contributed by atoms with van der Waals surface area (Å²) in [5.41, 5.74) is 2.03. The zero-order valence-corrected chi connectivity index (χ0v) is 13.8. The maximum atomic E-state index is 13.4. The van der Waals surface area contributed by atoms with E-state index in [0.717, 1.165) is 5.56 Å². The van der Waals surface area contributed by atoms with Crippen LogP contribution in [-0.2, 0) is 21.2 Å². The fraction of sp³-hybridized carbons (Fsp3) is 0.235. The summed E-state index contributed by atoms with van der Waals surface area (Å²) in [5, 5.41) is 2.50. The Hall–Kier alpha value is -2.21. The topological polar surface area (TPSA) is 63.2 Å². The molecule has 122 valence electrons. The first-order valence-electron chi connectivity index (χ1n) is 7.09. The van der Waals surface area contributed by atoms with E-state index in [-0.39, 0.29) is 17.3 Å². The van der Waals surface area contributed by atoms with Crippen LogP contribution in [0.15, 0.2) is 47.4 Å². The molecule has 0 radical (unpaired) electrons. The van der Waals surface area contributed by atoms with Crippen molar-refractivity contribution >= 4 is 15.7 Å². The Kier molecular flexibility index (Phi) is 5.15. The Balaban J connectivity index is 1.98. The molecule has 0 spiro atoms. The number of amides is 1. The van der Waals surface area contributed by atoms with Crippen molar-refractivity contribution in [2.45, 2.75) is 25.3 Å². The van der Waals surface area contributed by atoms with Crippen molar-refractivity contribution in [1.29, 1.82) is 0 Å². The molecular weight excluding hydrogens is 317 g/mol. The lowest BCUT2D eigenvalue weighted by Gasteiger charge is -2.08. The van der Waals surface area contributed by atoms with Gasteiger partial charge in [-0.3, -0.25) is 4.79 Å². The lowest BCUT2D eigenvalue weighted by Crippen LogP contribution is -2.30. The zero-order valence-electron chi connectivity index (χ0n) is 13.0. The van der Waals surface area contributed by atoms with Crippen LogP contribution in [0, 0.1) is 19.7 Å². The van der Waals surface area contributed by atoms with Gasteiger partial charge in [-0.05, 0) is 43.2 Å². The molecule has 0 aliphatic carbocycles. The molecule has 6 heteroatoms.